The molecule has 1 atom stereocenters. The van der Waals surface area contributed by atoms with Crippen molar-refractivity contribution in [2.24, 2.45) is 5.41 Å². The molecule has 3 nitrogen and oxygen atoms in total. The van der Waals surface area contributed by atoms with Gasteiger partial charge in [0.2, 0.25) is 0 Å². The molecule has 0 radical (unpaired) electrons. The molecule has 4 heteroatoms. The quantitative estimate of drug-likeness (QED) is 0.841. The summed E-state index contributed by atoms with van der Waals surface area (Å²) in [5.74, 6) is 0. The van der Waals surface area contributed by atoms with E-state index in [1.165, 1.54) is 28.4 Å². The van der Waals surface area contributed by atoms with Crippen LogP contribution < -0.4 is 5.32 Å². The molecule has 0 spiro atoms. The van der Waals surface area contributed by atoms with E-state index < -0.39 is 0 Å². The lowest BCUT2D eigenvalue weighted by atomic mass is 9.88. The van der Waals surface area contributed by atoms with Crippen LogP contribution in [-0.4, -0.2) is 25.2 Å². The number of ether oxygens (including phenoxy) is 1. The average molecular weight is 282 g/mol. The van der Waals surface area contributed by atoms with Crippen LogP contribution in [0.25, 0.3) is 0 Å². The van der Waals surface area contributed by atoms with Crippen LogP contribution in [-0.2, 0) is 10.3 Å². The second kappa shape index (κ2) is 5.51. The van der Waals surface area contributed by atoms with Gasteiger partial charge in [0.05, 0.1) is 17.8 Å². The Bertz CT molecular complexity index is 422. The molecular weight excluding hydrogens is 256 g/mol. The number of aromatic nitrogens is 1. The molecule has 1 aromatic rings. The maximum Gasteiger partial charge on any atom is 0.113 e. The van der Waals surface area contributed by atoms with Gasteiger partial charge in [-0.05, 0) is 38.5 Å². The number of hydrogen-bond donors (Lipinski definition) is 1. The largest absolute Gasteiger partial charge is 0.383 e. The Balaban J connectivity index is 2.24. The third-order valence-corrected chi connectivity index (χ3v) is 5.49. The van der Waals surface area contributed by atoms with Crippen molar-refractivity contribution in [2.75, 3.05) is 20.3 Å². The Hall–Kier alpha value is -0.450. The van der Waals surface area contributed by atoms with E-state index in [1.54, 1.807) is 7.11 Å². The van der Waals surface area contributed by atoms with Crippen LogP contribution in [0.1, 0.15) is 48.7 Å². The monoisotopic (exact) mass is 282 g/mol. The predicted octanol–water partition coefficient (Wildman–Crippen LogP) is 3.40. The molecule has 0 bridgehead atoms. The van der Waals surface area contributed by atoms with Gasteiger partial charge in [-0.1, -0.05) is 13.8 Å². The van der Waals surface area contributed by atoms with E-state index in [-0.39, 0.29) is 5.54 Å². The molecule has 0 aliphatic heterocycles. The molecule has 1 heterocycles. The molecule has 0 amide bonds. The summed E-state index contributed by atoms with van der Waals surface area (Å²) >= 11 is 1.85. The van der Waals surface area contributed by atoms with Crippen LogP contribution in [0.2, 0.25) is 0 Å². The fourth-order valence-corrected chi connectivity index (χ4v) is 4.13. The third-order valence-electron chi connectivity index (χ3n) is 4.22. The third kappa shape index (κ3) is 3.18. The second-order valence-corrected chi connectivity index (χ2v) is 7.71. The summed E-state index contributed by atoms with van der Waals surface area (Å²) in [6.45, 7) is 10.6. The molecule has 0 aromatic carbocycles. The van der Waals surface area contributed by atoms with Crippen LogP contribution in [0, 0.1) is 19.3 Å². The lowest BCUT2D eigenvalue weighted by molar-refractivity contribution is 0.180. The summed E-state index contributed by atoms with van der Waals surface area (Å²) in [6.07, 6.45) is 3.59. The Morgan fingerprint density at radius 1 is 1.32 bits per heavy atom. The first-order valence-electron chi connectivity index (χ1n) is 7.07. The van der Waals surface area contributed by atoms with Crippen LogP contribution >= 0.6 is 11.3 Å². The summed E-state index contributed by atoms with van der Waals surface area (Å²) < 4.78 is 5.18. The minimum Gasteiger partial charge on any atom is -0.383 e. The lowest BCUT2D eigenvalue weighted by Crippen LogP contribution is -2.42. The van der Waals surface area contributed by atoms with Crippen LogP contribution in [0.5, 0.6) is 0 Å². The maximum atomic E-state index is 5.18. The first kappa shape index (κ1) is 14.9. The molecule has 1 saturated carbocycles. The van der Waals surface area contributed by atoms with Crippen molar-refractivity contribution in [3.63, 3.8) is 0 Å². The number of aryl methyl sites for hydroxylation is 2. The fraction of sp³-hybridized carbons (Fsp3) is 0.800. The van der Waals surface area contributed by atoms with Crippen molar-refractivity contribution in [2.45, 2.75) is 52.5 Å². The standard InChI is InChI=1S/C15H26N2OS/c1-11-12(2)19-13(17-11)15(16-8-9-18-5)7-6-14(3,4)10-15/h16H,6-10H2,1-5H3. The van der Waals surface area contributed by atoms with Crippen molar-refractivity contribution < 1.29 is 4.74 Å². The summed E-state index contributed by atoms with van der Waals surface area (Å²) in [6, 6.07) is 0. The smallest absolute Gasteiger partial charge is 0.113 e. The van der Waals surface area contributed by atoms with Crippen LogP contribution in [0.15, 0.2) is 0 Å². The number of methoxy groups -OCH3 is 1. The molecule has 1 unspecified atom stereocenters. The molecule has 108 valence electrons. The maximum absolute atomic E-state index is 5.18. The Morgan fingerprint density at radius 3 is 2.53 bits per heavy atom. The van der Waals surface area contributed by atoms with E-state index in [9.17, 15) is 0 Å². The Labute approximate surface area is 120 Å². The van der Waals surface area contributed by atoms with Crippen LogP contribution in [0.3, 0.4) is 0 Å². The highest BCUT2D eigenvalue weighted by molar-refractivity contribution is 7.11. The van der Waals surface area contributed by atoms with E-state index in [0.29, 0.717) is 5.41 Å². The van der Waals surface area contributed by atoms with Gasteiger partial charge < -0.3 is 10.1 Å². The van der Waals surface area contributed by atoms with Gasteiger partial charge in [-0.2, -0.15) is 0 Å². The van der Waals surface area contributed by atoms with Crippen molar-refractivity contribution in [3.8, 4) is 0 Å². The summed E-state index contributed by atoms with van der Waals surface area (Å²) in [7, 11) is 1.75. The Morgan fingerprint density at radius 2 is 2.05 bits per heavy atom. The van der Waals surface area contributed by atoms with Gasteiger partial charge in [0, 0.05) is 18.5 Å². The molecule has 1 N–H and O–H groups in total. The fourth-order valence-electron chi connectivity index (χ4n) is 3.02. The SMILES string of the molecule is COCCNC1(c2nc(C)c(C)s2)CCC(C)(C)C1. The zero-order valence-corrected chi connectivity index (χ0v) is 13.6. The van der Waals surface area contributed by atoms with Gasteiger partial charge in [0.1, 0.15) is 5.01 Å². The van der Waals surface area contributed by atoms with Crippen molar-refractivity contribution in [3.05, 3.63) is 15.6 Å². The van der Waals surface area contributed by atoms with Gasteiger partial charge in [0.15, 0.2) is 0 Å². The molecule has 1 aliphatic rings. The molecule has 1 aliphatic carbocycles. The predicted molar refractivity (Wildman–Crippen MR) is 80.8 cm³/mol. The van der Waals surface area contributed by atoms with E-state index >= 15 is 0 Å². The minimum atomic E-state index is 0.0612. The van der Waals surface area contributed by atoms with Crippen LogP contribution in [0.4, 0.5) is 0 Å². The van der Waals surface area contributed by atoms with E-state index in [1.807, 2.05) is 11.3 Å². The van der Waals surface area contributed by atoms with Crippen molar-refractivity contribution >= 4 is 11.3 Å². The number of nitrogens with one attached hydrogen (secondary N) is 1. The first-order chi connectivity index (χ1) is 8.88. The van der Waals surface area contributed by atoms with Gasteiger partial charge in [-0.25, -0.2) is 4.98 Å². The van der Waals surface area contributed by atoms with Gasteiger partial charge in [-0.3, -0.25) is 0 Å². The van der Waals surface area contributed by atoms with Gasteiger partial charge in [-0.15, -0.1) is 11.3 Å². The minimum absolute atomic E-state index is 0.0612. The summed E-state index contributed by atoms with van der Waals surface area (Å²) in [5, 5.41) is 5.00. The Kier molecular flexibility index (Phi) is 4.33. The molecule has 2 rings (SSSR count). The topological polar surface area (TPSA) is 34.1 Å². The second-order valence-electron chi connectivity index (χ2n) is 6.50. The highest BCUT2D eigenvalue weighted by Crippen LogP contribution is 2.49. The summed E-state index contributed by atoms with van der Waals surface area (Å²) in [5.41, 5.74) is 1.64. The first-order valence-corrected chi connectivity index (χ1v) is 7.89. The van der Waals surface area contributed by atoms with E-state index in [4.69, 9.17) is 9.72 Å². The van der Waals surface area contributed by atoms with Crippen molar-refractivity contribution in [1.82, 2.24) is 10.3 Å². The molecule has 0 saturated heterocycles. The van der Waals surface area contributed by atoms with E-state index in [0.717, 1.165) is 19.6 Å². The normalized spacial score (nSPS) is 25.9. The summed E-state index contributed by atoms with van der Waals surface area (Å²) in [4.78, 5) is 6.16. The highest BCUT2D eigenvalue weighted by Gasteiger charge is 2.46. The van der Waals surface area contributed by atoms with Gasteiger partial charge in [0.25, 0.3) is 0 Å². The highest BCUT2D eigenvalue weighted by atomic mass is 32.1. The molecule has 19 heavy (non-hydrogen) atoms. The van der Waals surface area contributed by atoms with E-state index in [2.05, 4.69) is 33.0 Å². The lowest BCUT2D eigenvalue weighted by Gasteiger charge is -2.30. The average Bonchev–Trinajstić information content (AvgIpc) is 2.82. The number of thiazole rings is 1. The number of nitrogens with zero attached hydrogens (tertiary/aromatic N) is 1. The zero-order chi connectivity index (χ0) is 14.1. The number of hydrogen-bond acceptors (Lipinski definition) is 4. The zero-order valence-electron chi connectivity index (χ0n) is 12.8. The molecule has 1 aromatic heterocycles. The van der Waals surface area contributed by atoms with Crippen molar-refractivity contribution in [1.29, 1.82) is 0 Å². The van der Waals surface area contributed by atoms with Gasteiger partial charge >= 0.3 is 0 Å². The molecular formula is C15H26N2OS. The molecule has 1 fully saturated rings. The number of rotatable bonds is 5.